The third-order valence-electron chi connectivity index (χ3n) is 5.38. The minimum absolute atomic E-state index is 0.0608. The van der Waals surface area contributed by atoms with Crippen LogP contribution in [0.25, 0.3) is 11.1 Å². The zero-order valence-electron chi connectivity index (χ0n) is 18.6. The Kier molecular flexibility index (Phi) is 6.12. The van der Waals surface area contributed by atoms with Crippen LogP contribution in [0.5, 0.6) is 5.75 Å². The molecule has 0 aliphatic carbocycles. The summed E-state index contributed by atoms with van der Waals surface area (Å²) in [4.78, 5) is 36.5. The SMILES string of the molecule is CCc1nn2c(c1-c1cccc(OC)c1)NC(=O)C2CC(=O)Nc1ccc(NC(C)=O)cc1. The molecule has 1 atom stereocenters. The van der Waals surface area contributed by atoms with E-state index in [0.717, 1.165) is 16.8 Å². The summed E-state index contributed by atoms with van der Waals surface area (Å²) in [6.07, 6.45) is 0.608. The Bertz CT molecular complexity index is 1220. The summed E-state index contributed by atoms with van der Waals surface area (Å²) in [5.74, 6) is 0.530. The molecule has 170 valence electrons. The number of anilines is 3. The number of benzene rings is 2. The number of nitrogens with one attached hydrogen (secondary N) is 3. The topological polar surface area (TPSA) is 114 Å². The van der Waals surface area contributed by atoms with Crippen molar-refractivity contribution in [1.82, 2.24) is 9.78 Å². The van der Waals surface area contributed by atoms with Gasteiger partial charge < -0.3 is 20.7 Å². The van der Waals surface area contributed by atoms with Crippen LogP contribution >= 0.6 is 0 Å². The van der Waals surface area contributed by atoms with Crippen LogP contribution < -0.4 is 20.7 Å². The lowest BCUT2D eigenvalue weighted by Gasteiger charge is -2.11. The molecule has 0 saturated heterocycles. The highest BCUT2D eigenvalue weighted by Gasteiger charge is 2.36. The lowest BCUT2D eigenvalue weighted by molar-refractivity contribution is -0.123. The number of carbonyl (C=O) groups excluding carboxylic acids is 3. The van der Waals surface area contributed by atoms with Crippen molar-refractivity contribution in [2.45, 2.75) is 32.7 Å². The van der Waals surface area contributed by atoms with Crippen LogP contribution in [0.15, 0.2) is 48.5 Å². The monoisotopic (exact) mass is 447 g/mol. The standard InChI is InChI=1S/C24H25N5O4/c1-4-19-22(15-6-5-7-18(12-15)33-3)23-27-24(32)20(29(23)28-19)13-21(31)26-17-10-8-16(9-11-17)25-14(2)30/h5-12,20H,4,13H2,1-3H3,(H,25,30)(H,26,31)(H,27,32). The third-order valence-corrected chi connectivity index (χ3v) is 5.38. The highest BCUT2D eigenvalue weighted by atomic mass is 16.5. The largest absolute Gasteiger partial charge is 0.497 e. The van der Waals surface area contributed by atoms with Gasteiger partial charge in [0, 0.05) is 23.9 Å². The normalized spacial score (nSPS) is 14.4. The minimum atomic E-state index is -0.747. The van der Waals surface area contributed by atoms with Crippen molar-refractivity contribution in [1.29, 1.82) is 0 Å². The number of ether oxygens (including phenoxy) is 1. The van der Waals surface area contributed by atoms with Crippen molar-refractivity contribution >= 4 is 34.9 Å². The number of carbonyl (C=O) groups is 3. The van der Waals surface area contributed by atoms with Gasteiger partial charge >= 0.3 is 0 Å². The molecule has 0 saturated carbocycles. The summed E-state index contributed by atoms with van der Waals surface area (Å²) < 4.78 is 6.94. The smallest absolute Gasteiger partial charge is 0.251 e. The first-order valence-corrected chi connectivity index (χ1v) is 10.6. The van der Waals surface area contributed by atoms with Crippen LogP contribution in [-0.4, -0.2) is 34.6 Å². The summed E-state index contributed by atoms with van der Waals surface area (Å²) in [6.45, 7) is 3.42. The van der Waals surface area contributed by atoms with Gasteiger partial charge in [0.25, 0.3) is 5.91 Å². The average molecular weight is 447 g/mol. The molecule has 2 aromatic carbocycles. The molecule has 9 heteroatoms. The van der Waals surface area contributed by atoms with E-state index in [4.69, 9.17) is 4.74 Å². The molecule has 0 spiro atoms. The first-order chi connectivity index (χ1) is 15.9. The van der Waals surface area contributed by atoms with Gasteiger partial charge in [0.15, 0.2) is 0 Å². The number of hydrogen-bond acceptors (Lipinski definition) is 5. The molecule has 2 heterocycles. The maximum absolute atomic E-state index is 12.7. The first kappa shape index (κ1) is 22.1. The minimum Gasteiger partial charge on any atom is -0.497 e. The van der Waals surface area contributed by atoms with Gasteiger partial charge in [-0.1, -0.05) is 19.1 Å². The van der Waals surface area contributed by atoms with Crippen LogP contribution in [0.4, 0.5) is 17.2 Å². The quantitative estimate of drug-likeness (QED) is 0.512. The van der Waals surface area contributed by atoms with E-state index in [0.29, 0.717) is 29.4 Å². The van der Waals surface area contributed by atoms with Gasteiger partial charge in [-0.2, -0.15) is 5.10 Å². The van der Waals surface area contributed by atoms with Crippen molar-refractivity contribution in [2.24, 2.45) is 0 Å². The van der Waals surface area contributed by atoms with Crippen LogP contribution in [0, 0.1) is 0 Å². The second kappa shape index (κ2) is 9.15. The van der Waals surface area contributed by atoms with Gasteiger partial charge in [-0.05, 0) is 48.4 Å². The van der Waals surface area contributed by atoms with Gasteiger partial charge in [0.2, 0.25) is 11.8 Å². The first-order valence-electron chi connectivity index (χ1n) is 10.6. The van der Waals surface area contributed by atoms with Crippen molar-refractivity contribution in [2.75, 3.05) is 23.1 Å². The Balaban J connectivity index is 1.54. The molecule has 1 aromatic heterocycles. The third kappa shape index (κ3) is 4.57. The molecule has 1 unspecified atom stereocenters. The van der Waals surface area contributed by atoms with Crippen molar-refractivity contribution in [3.05, 3.63) is 54.2 Å². The lowest BCUT2D eigenvalue weighted by Crippen LogP contribution is -2.24. The zero-order chi connectivity index (χ0) is 23.5. The molecule has 4 rings (SSSR count). The second-order valence-electron chi connectivity index (χ2n) is 7.72. The summed E-state index contributed by atoms with van der Waals surface area (Å²) in [7, 11) is 1.60. The number of amides is 3. The van der Waals surface area contributed by atoms with Gasteiger partial charge in [0.1, 0.15) is 17.6 Å². The van der Waals surface area contributed by atoms with Crippen LogP contribution in [0.2, 0.25) is 0 Å². The molecule has 1 aliphatic heterocycles. The highest BCUT2D eigenvalue weighted by molar-refractivity contribution is 6.04. The van der Waals surface area contributed by atoms with Gasteiger partial charge in [-0.3, -0.25) is 14.4 Å². The number of hydrogen-bond donors (Lipinski definition) is 3. The van der Waals surface area contributed by atoms with E-state index in [1.807, 2.05) is 31.2 Å². The maximum atomic E-state index is 12.7. The fraction of sp³-hybridized carbons (Fsp3) is 0.250. The molecule has 1 aliphatic rings. The molecule has 33 heavy (non-hydrogen) atoms. The Morgan fingerprint density at radius 1 is 1.12 bits per heavy atom. The molecular weight excluding hydrogens is 422 g/mol. The lowest BCUT2D eigenvalue weighted by atomic mass is 10.0. The fourth-order valence-corrected chi connectivity index (χ4v) is 3.87. The van der Waals surface area contributed by atoms with E-state index in [1.54, 1.807) is 36.1 Å². The molecule has 3 amide bonds. The predicted molar refractivity (Wildman–Crippen MR) is 125 cm³/mol. The van der Waals surface area contributed by atoms with Gasteiger partial charge in [-0.25, -0.2) is 4.68 Å². The number of nitrogens with zero attached hydrogens (tertiary/aromatic N) is 2. The molecule has 3 aromatic rings. The Morgan fingerprint density at radius 3 is 2.45 bits per heavy atom. The molecule has 9 nitrogen and oxygen atoms in total. The fourth-order valence-electron chi connectivity index (χ4n) is 3.87. The summed E-state index contributed by atoms with van der Waals surface area (Å²) in [5, 5.41) is 13.0. The van der Waals surface area contributed by atoms with Crippen LogP contribution in [-0.2, 0) is 20.8 Å². The number of rotatable bonds is 7. The maximum Gasteiger partial charge on any atom is 0.251 e. The molecule has 0 bridgehead atoms. The van der Waals surface area contributed by atoms with Crippen LogP contribution in [0.1, 0.15) is 32.0 Å². The number of aromatic nitrogens is 2. The second-order valence-corrected chi connectivity index (χ2v) is 7.72. The van der Waals surface area contributed by atoms with E-state index in [1.165, 1.54) is 6.92 Å². The van der Waals surface area contributed by atoms with Crippen molar-refractivity contribution in [3.63, 3.8) is 0 Å². The van der Waals surface area contributed by atoms with E-state index >= 15 is 0 Å². The van der Waals surface area contributed by atoms with E-state index in [-0.39, 0.29) is 24.1 Å². The van der Waals surface area contributed by atoms with E-state index < -0.39 is 6.04 Å². The number of aryl methyl sites for hydroxylation is 1. The number of fused-ring (bicyclic) bond motifs is 1. The van der Waals surface area contributed by atoms with Crippen molar-refractivity contribution in [3.8, 4) is 16.9 Å². The Labute approximate surface area is 191 Å². The molecule has 0 fully saturated rings. The summed E-state index contributed by atoms with van der Waals surface area (Å²) in [6, 6.07) is 13.6. The Hall–Kier alpha value is -4.14. The zero-order valence-corrected chi connectivity index (χ0v) is 18.6. The van der Waals surface area contributed by atoms with Gasteiger partial charge in [-0.15, -0.1) is 0 Å². The number of methoxy groups -OCH3 is 1. The van der Waals surface area contributed by atoms with E-state index in [9.17, 15) is 14.4 Å². The van der Waals surface area contributed by atoms with Crippen molar-refractivity contribution < 1.29 is 19.1 Å². The highest BCUT2D eigenvalue weighted by Crippen LogP contribution is 2.39. The van der Waals surface area contributed by atoms with Gasteiger partial charge in [0.05, 0.1) is 19.2 Å². The summed E-state index contributed by atoms with van der Waals surface area (Å²) in [5.41, 5.74) is 3.75. The van der Waals surface area contributed by atoms with Crippen LogP contribution in [0.3, 0.4) is 0 Å². The van der Waals surface area contributed by atoms with E-state index in [2.05, 4.69) is 21.0 Å². The summed E-state index contributed by atoms with van der Waals surface area (Å²) >= 11 is 0. The Morgan fingerprint density at radius 2 is 1.82 bits per heavy atom. The molecule has 3 N–H and O–H groups in total. The predicted octanol–water partition coefficient (Wildman–Crippen LogP) is 3.60. The average Bonchev–Trinajstić information content (AvgIpc) is 3.29. The molecule has 0 radical (unpaired) electrons. The molecular formula is C24H25N5O4.